The van der Waals surface area contributed by atoms with Gasteiger partial charge in [-0.1, -0.05) is 18.2 Å². The van der Waals surface area contributed by atoms with Gasteiger partial charge in [0.25, 0.3) is 0 Å². The molecular formula is C8H11O6S. The van der Waals surface area contributed by atoms with Gasteiger partial charge in [0.15, 0.2) is 0 Å². The Kier molecular flexibility index (Phi) is 6.63. The highest BCUT2D eigenvalue weighted by Gasteiger charge is 1.87. The Morgan fingerprint density at radius 2 is 1.60 bits per heavy atom. The van der Waals surface area contributed by atoms with Crippen molar-refractivity contribution in [1.29, 1.82) is 0 Å². The van der Waals surface area contributed by atoms with Crippen LogP contribution >= 0.6 is 0 Å². The molecule has 15 heavy (non-hydrogen) atoms. The monoisotopic (exact) mass is 235 g/mol. The maximum atomic E-state index is 9.98. The van der Waals surface area contributed by atoms with Crippen molar-refractivity contribution in [3.05, 3.63) is 30.3 Å². The van der Waals surface area contributed by atoms with Crippen LogP contribution in [0.1, 0.15) is 0 Å². The molecule has 0 amide bonds. The summed E-state index contributed by atoms with van der Waals surface area (Å²) < 4.78 is 36.6. The van der Waals surface area contributed by atoms with Crippen LogP contribution in [0.5, 0.6) is 5.75 Å². The van der Waals surface area contributed by atoms with E-state index in [1.54, 1.807) is 0 Å². The molecule has 0 bridgehead atoms. The molecular weight excluding hydrogens is 224 g/mol. The summed E-state index contributed by atoms with van der Waals surface area (Å²) in [5, 5.41) is 9.98. The first-order valence-corrected chi connectivity index (χ1v) is 5.29. The largest absolute Gasteiger partial charge is 0.491 e. The number of hydrogen-bond donors (Lipinski definition) is 2. The SMILES string of the molecule is O=S(=O)(O)O.[O]CCOc1ccccc1. The Morgan fingerprint density at radius 1 is 1.13 bits per heavy atom. The van der Waals surface area contributed by atoms with Gasteiger partial charge in [0.05, 0.1) is 0 Å². The zero-order valence-electron chi connectivity index (χ0n) is 7.74. The predicted octanol–water partition coefficient (Wildman–Crippen LogP) is 0.843. The lowest BCUT2D eigenvalue weighted by molar-refractivity contribution is 0.138. The molecule has 0 aromatic heterocycles. The molecule has 0 saturated heterocycles. The van der Waals surface area contributed by atoms with Crippen LogP contribution in [-0.2, 0) is 15.5 Å². The first kappa shape index (κ1) is 13.8. The van der Waals surface area contributed by atoms with E-state index in [4.69, 9.17) is 22.3 Å². The molecule has 1 aromatic carbocycles. The van der Waals surface area contributed by atoms with Crippen LogP contribution in [0.25, 0.3) is 0 Å². The molecule has 0 saturated carbocycles. The Morgan fingerprint density at radius 3 is 2.00 bits per heavy atom. The summed E-state index contributed by atoms with van der Waals surface area (Å²) in [7, 11) is -4.67. The highest BCUT2D eigenvalue weighted by Crippen LogP contribution is 2.07. The summed E-state index contributed by atoms with van der Waals surface area (Å²) >= 11 is 0. The van der Waals surface area contributed by atoms with Gasteiger partial charge in [-0.15, -0.1) is 0 Å². The standard InChI is InChI=1S/C8H9O2.H2O4S/c9-6-7-10-8-4-2-1-3-5-8;1-5(2,3)4/h1-5H,6-7H2;(H2,1,2,3,4). The summed E-state index contributed by atoms with van der Waals surface area (Å²) in [5.41, 5.74) is 0. The highest BCUT2D eigenvalue weighted by molar-refractivity contribution is 7.79. The molecule has 0 fully saturated rings. The summed E-state index contributed by atoms with van der Waals surface area (Å²) in [6.07, 6.45) is 0. The van der Waals surface area contributed by atoms with E-state index in [1.807, 2.05) is 30.3 Å². The first-order valence-electron chi connectivity index (χ1n) is 3.89. The molecule has 0 atom stereocenters. The van der Waals surface area contributed by atoms with Gasteiger partial charge in [-0.3, -0.25) is 9.11 Å². The Balaban J connectivity index is 0.000000336. The number of hydrogen-bond acceptors (Lipinski definition) is 3. The van der Waals surface area contributed by atoms with Crippen molar-refractivity contribution in [2.75, 3.05) is 13.2 Å². The molecule has 0 aliphatic rings. The Labute approximate surface area is 87.7 Å². The minimum Gasteiger partial charge on any atom is -0.491 e. The molecule has 1 radical (unpaired) electrons. The molecule has 0 aliphatic carbocycles. The molecule has 0 spiro atoms. The molecule has 85 valence electrons. The summed E-state index contributed by atoms with van der Waals surface area (Å²) in [4.78, 5) is 0. The predicted molar refractivity (Wildman–Crippen MR) is 51.7 cm³/mol. The molecule has 1 rings (SSSR count). The van der Waals surface area contributed by atoms with Gasteiger partial charge >= 0.3 is 10.4 Å². The van der Waals surface area contributed by atoms with E-state index >= 15 is 0 Å². The maximum absolute atomic E-state index is 9.98. The molecule has 7 heteroatoms. The van der Waals surface area contributed by atoms with E-state index in [1.165, 1.54) is 0 Å². The second kappa shape index (κ2) is 7.18. The molecule has 0 unspecified atom stereocenters. The van der Waals surface area contributed by atoms with Gasteiger partial charge < -0.3 is 4.74 Å². The summed E-state index contributed by atoms with van der Waals surface area (Å²) in [6.45, 7) is 0.0684. The summed E-state index contributed by atoms with van der Waals surface area (Å²) in [5.74, 6) is 0.762. The van der Waals surface area contributed by atoms with Crippen LogP contribution in [0.15, 0.2) is 30.3 Å². The molecule has 0 aliphatic heterocycles. The first-order chi connectivity index (χ1) is 6.93. The van der Waals surface area contributed by atoms with Gasteiger partial charge in [-0.05, 0) is 12.1 Å². The van der Waals surface area contributed by atoms with Crippen molar-refractivity contribution in [2.24, 2.45) is 0 Å². The molecule has 6 nitrogen and oxygen atoms in total. The average molecular weight is 235 g/mol. The van der Waals surface area contributed by atoms with Crippen LogP contribution in [0.3, 0.4) is 0 Å². The quantitative estimate of drug-likeness (QED) is 0.755. The van der Waals surface area contributed by atoms with Crippen LogP contribution in [-0.4, -0.2) is 30.7 Å². The smallest absolute Gasteiger partial charge is 0.394 e. The third-order valence-electron chi connectivity index (χ3n) is 1.10. The van der Waals surface area contributed by atoms with Gasteiger partial charge in [-0.2, -0.15) is 8.42 Å². The van der Waals surface area contributed by atoms with Crippen molar-refractivity contribution >= 4 is 10.4 Å². The van der Waals surface area contributed by atoms with E-state index in [0.717, 1.165) is 5.75 Å². The van der Waals surface area contributed by atoms with E-state index in [9.17, 15) is 5.11 Å². The van der Waals surface area contributed by atoms with Crippen molar-refractivity contribution < 1.29 is 27.4 Å². The van der Waals surface area contributed by atoms with Gasteiger partial charge in [-0.25, -0.2) is 5.11 Å². The van der Waals surface area contributed by atoms with Gasteiger partial charge in [0, 0.05) is 0 Å². The fourth-order valence-electron chi connectivity index (χ4n) is 0.676. The van der Waals surface area contributed by atoms with E-state index < -0.39 is 10.4 Å². The van der Waals surface area contributed by atoms with Crippen molar-refractivity contribution in [1.82, 2.24) is 0 Å². The number of para-hydroxylation sites is 1. The fourth-order valence-corrected chi connectivity index (χ4v) is 0.676. The van der Waals surface area contributed by atoms with Crippen LogP contribution in [0.2, 0.25) is 0 Å². The minimum absolute atomic E-state index is 0.186. The lowest BCUT2D eigenvalue weighted by atomic mass is 10.3. The third-order valence-corrected chi connectivity index (χ3v) is 1.10. The van der Waals surface area contributed by atoms with Gasteiger partial charge in [0.1, 0.15) is 19.0 Å². The fraction of sp³-hybridized carbons (Fsp3) is 0.250. The zero-order chi connectivity index (χ0) is 11.7. The van der Waals surface area contributed by atoms with Crippen LogP contribution < -0.4 is 4.74 Å². The van der Waals surface area contributed by atoms with E-state index in [-0.39, 0.29) is 13.2 Å². The third kappa shape index (κ3) is 12.8. The number of ether oxygens (including phenoxy) is 1. The number of benzene rings is 1. The number of rotatable bonds is 3. The van der Waals surface area contributed by atoms with Crippen molar-refractivity contribution in [3.63, 3.8) is 0 Å². The topological polar surface area (TPSA) is 104 Å². The Hall–Kier alpha value is -1.15. The van der Waals surface area contributed by atoms with E-state index in [2.05, 4.69) is 0 Å². The van der Waals surface area contributed by atoms with Gasteiger partial charge in [0.2, 0.25) is 0 Å². The maximum Gasteiger partial charge on any atom is 0.394 e. The summed E-state index contributed by atoms with van der Waals surface area (Å²) in [6, 6.07) is 9.32. The average Bonchev–Trinajstić information content (AvgIpc) is 2.14. The Bertz CT molecular complexity index is 339. The molecule has 0 heterocycles. The highest BCUT2D eigenvalue weighted by atomic mass is 32.3. The normalized spacial score (nSPS) is 10.1. The molecule has 1 aromatic rings. The molecule has 2 N–H and O–H groups in total. The van der Waals surface area contributed by atoms with Crippen LogP contribution in [0, 0.1) is 0 Å². The zero-order valence-corrected chi connectivity index (χ0v) is 8.55. The second-order valence-electron chi connectivity index (χ2n) is 2.31. The minimum atomic E-state index is -4.67. The van der Waals surface area contributed by atoms with E-state index in [0.29, 0.717) is 0 Å². The lowest BCUT2D eigenvalue weighted by Crippen LogP contribution is -1.99. The van der Waals surface area contributed by atoms with Crippen molar-refractivity contribution in [3.8, 4) is 5.75 Å². The lowest BCUT2D eigenvalue weighted by Gasteiger charge is -2.00. The van der Waals surface area contributed by atoms with Crippen molar-refractivity contribution in [2.45, 2.75) is 0 Å². The van der Waals surface area contributed by atoms with Crippen LogP contribution in [0.4, 0.5) is 0 Å². The second-order valence-corrected chi connectivity index (χ2v) is 3.21.